The summed E-state index contributed by atoms with van der Waals surface area (Å²) < 4.78 is 19.3. The van der Waals surface area contributed by atoms with Crippen molar-refractivity contribution in [1.29, 1.82) is 0 Å². The van der Waals surface area contributed by atoms with E-state index in [1.807, 2.05) is 0 Å². The summed E-state index contributed by atoms with van der Waals surface area (Å²) in [5, 5.41) is 4.93. The number of pyridine rings is 2. The molecule has 0 spiro atoms. The molecule has 2 aromatic rings. The minimum absolute atomic E-state index is 0.0164. The number of halogens is 1. The van der Waals surface area contributed by atoms with Gasteiger partial charge < -0.3 is 15.0 Å². The Hall–Kier alpha value is -3.27. The quantitative estimate of drug-likeness (QED) is 0.604. The van der Waals surface area contributed by atoms with Gasteiger partial charge in [0.2, 0.25) is 11.5 Å². The van der Waals surface area contributed by atoms with E-state index in [9.17, 15) is 18.8 Å². The molecule has 166 valence electrons. The normalized spacial score (nSPS) is 14.8. The summed E-state index contributed by atoms with van der Waals surface area (Å²) >= 11 is 0. The maximum Gasteiger partial charge on any atom is 0.412 e. The molecule has 3 N–H and O–H groups in total. The smallest absolute Gasteiger partial charge is 0.412 e. The van der Waals surface area contributed by atoms with Crippen LogP contribution in [-0.4, -0.2) is 53.6 Å². The van der Waals surface area contributed by atoms with Crippen LogP contribution in [0.25, 0.3) is 0 Å². The molecule has 1 aliphatic rings. The molecule has 2 amide bonds. The lowest BCUT2D eigenvalue weighted by Gasteiger charge is -2.32. The van der Waals surface area contributed by atoms with Crippen molar-refractivity contribution in [2.75, 3.05) is 32.1 Å². The van der Waals surface area contributed by atoms with Crippen LogP contribution in [0.5, 0.6) is 0 Å². The highest BCUT2D eigenvalue weighted by Gasteiger charge is 2.24. The summed E-state index contributed by atoms with van der Waals surface area (Å²) in [4.78, 5) is 43.6. The molecule has 2 aromatic heterocycles. The molecule has 0 unspecified atom stereocenters. The van der Waals surface area contributed by atoms with Gasteiger partial charge in [-0.2, -0.15) is 4.39 Å². The Bertz CT molecular complexity index is 1000. The van der Waals surface area contributed by atoms with E-state index in [4.69, 9.17) is 4.74 Å². The van der Waals surface area contributed by atoms with E-state index in [0.29, 0.717) is 12.1 Å². The van der Waals surface area contributed by atoms with Crippen LogP contribution < -0.4 is 16.2 Å². The van der Waals surface area contributed by atoms with Gasteiger partial charge in [-0.25, -0.2) is 9.78 Å². The van der Waals surface area contributed by atoms with E-state index >= 15 is 0 Å². The molecule has 0 bridgehead atoms. The lowest BCUT2D eigenvalue weighted by Crippen LogP contribution is -2.33. The average Bonchev–Trinajstić information content (AvgIpc) is 2.73. The third-order valence-corrected chi connectivity index (χ3v) is 5.19. The van der Waals surface area contributed by atoms with Gasteiger partial charge in [-0.1, -0.05) is 6.07 Å². The summed E-state index contributed by atoms with van der Waals surface area (Å²) in [6.07, 6.45) is 0.832. The number of rotatable bonds is 6. The number of likely N-dealkylation sites (tertiary alicyclic amines) is 1. The monoisotopic (exact) mass is 431 g/mol. The van der Waals surface area contributed by atoms with Crippen molar-refractivity contribution in [1.82, 2.24) is 20.2 Å². The first-order valence-electron chi connectivity index (χ1n) is 10.2. The Morgan fingerprint density at radius 1 is 1.29 bits per heavy atom. The van der Waals surface area contributed by atoms with E-state index in [0.717, 1.165) is 31.5 Å². The number of carbonyl (C=O) groups is 2. The minimum atomic E-state index is -0.630. The molecule has 0 aliphatic carbocycles. The van der Waals surface area contributed by atoms with E-state index in [-0.39, 0.29) is 29.6 Å². The second-order valence-electron chi connectivity index (χ2n) is 7.32. The number of ether oxygens (including phenoxy) is 1. The van der Waals surface area contributed by atoms with Gasteiger partial charge in [-0.15, -0.1) is 0 Å². The zero-order valence-electron chi connectivity index (χ0n) is 17.5. The molecule has 0 atom stereocenters. The lowest BCUT2D eigenvalue weighted by molar-refractivity contribution is 0.0956. The molecule has 31 heavy (non-hydrogen) atoms. The number of nitrogens with one attached hydrogen (secondary N) is 3. The summed E-state index contributed by atoms with van der Waals surface area (Å²) in [7, 11) is 1.47. The standard InChI is InChI=1S/C21H26FN5O4/c1-3-31-21(30)26-17-10-13(11-18(28)25-17)12-27-8-6-14(7-9-27)15-4-5-16(20(29)23-2)24-19(15)22/h4-5,10-11,14H,3,6-9,12H2,1-2H3,(H,23,29)(H2,25,26,28,30). The molecule has 10 heteroatoms. The van der Waals surface area contributed by atoms with E-state index in [2.05, 4.69) is 25.5 Å². The molecule has 0 saturated carbocycles. The Labute approximate surface area is 179 Å². The molecule has 1 saturated heterocycles. The predicted octanol–water partition coefficient (Wildman–Crippen LogP) is 2.22. The number of carbonyl (C=O) groups excluding carboxylic acids is 2. The van der Waals surface area contributed by atoms with Crippen molar-refractivity contribution in [3.05, 3.63) is 57.4 Å². The zero-order valence-corrected chi connectivity index (χ0v) is 17.5. The van der Waals surface area contributed by atoms with Crippen LogP contribution in [-0.2, 0) is 11.3 Å². The lowest BCUT2D eigenvalue weighted by atomic mass is 9.90. The second kappa shape index (κ2) is 10.2. The Balaban J connectivity index is 1.60. The van der Waals surface area contributed by atoms with Crippen LogP contribution in [0.2, 0.25) is 0 Å². The van der Waals surface area contributed by atoms with Crippen molar-refractivity contribution in [2.24, 2.45) is 0 Å². The number of hydrogen-bond acceptors (Lipinski definition) is 6. The zero-order chi connectivity index (χ0) is 22.4. The van der Waals surface area contributed by atoms with E-state index < -0.39 is 17.9 Å². The van der Waals surface area contributed by atoms with Gasteiger partial charge in [0.25, 0.3) is 5.91 Å². The van der Waals surface area contributed by atoms with Crippen LogP contribution in [0, 0.1) is 5.95 Å². The molecule has 9 nitrogen and oxygen atoms in total. The number of aromatic nitrogens is 2. The van der Waals surface area contributed by atoms with Gasteiger partial charge in [0.1, 0.15) is 11.5 Å². The first-order chi connectivity index (χ1) is 14.9. The highest BCUT2D eigenvalue weighted by molar-refractivity contribution is 5.91. The van der Waals surface area contributed by atoms with Gasteiger partial charge in [0.15, 0.2) is 0 Å². The summed E-state index contributed by atoms with van der Waals surface area (Å²) in [5.74, 6) is -0.735. The molecule has 0 aromatic carbocycles. The number of nitrogens with zero attached hydrogens (tertiary/aromatic N) is 2. The van der Waals surface area contributed by atoms with Crippen LogP contribution in [0.3, 0.4) is 0 Å². The fraction of sp³-hybridized carbons (Fsp3) is 0.429. The summed E-state index contributed by atoms with van der Waals surface area (Å²) in [6, 6.07) is 6.37. The fourth-order valence-electron chi connectivity index (χ4n) is 3.70. The van der Waals surface area contributed by atoms with Crippen molar-refractivity contribution in [2.45, 2.75) is 32.2 Å². The maximum absolute atomic E-state index is 14.4. The first-order valence-corrected chi connectivity index (χ1v) is 10.2. The van der Waals surface area contributed by atoms with Crippen LogP contribution in [0.15, 0.2) is 29.1 Å². The third-order valence-electron chi connectivity index (χ3n) is 5.19. The highest BCUT2D eigenvalue weighted by atomic mass is 19.1. The van der Waals surface area contributed by atoms with Crippen LogP contribution in [0.1, 0.15) is 47.3 Å². The van der Waals surface area contributed by atoms with Gasteiger partial charge >= 0.3 is 6.09 Å². The van der Waals surface area contributed by atoms with E-state index in [1.165, 1.54) is 19.2 Å². The molecular formula is C21H26FN5O4. The number of anilines is 1. The fourth-order valence-corrected chi connectivity index (χ4v) is 3.70. The van der Waals surface area contributed by atoms with Gasteiger partial charge in [-0.3, -0.25) is 19.8 Å². The van der Waals surface area contributed by atoms with Crippen molar-refractivity contribution in [3.63, 3.8) is 0 Å². The Kier molecular flexibility index (Phi) is 7.35. The number of piperidine rings is 1. The number of amides is 2. The van der Waals surface area contributed by atoms with Gasteiger partial charge in [-0.05, 0) is 56.5 Å². The molecule has 1 fully saturated rings. The molecule has 1 aliphatic heterocycles. The Morgan fingerprint density at radius 2 is 2.03 bits per heavy atom. The summed E-state index contributed by atoms with van der Waals surface area (Å²) in [6.45, 7) is 3.89. The molecule has 3 heterocycles. The minimum Gasteiger partial charge on any atom is -0.450 e. The van der Waals surface area contributed by atoms with Gasteiger partial charge in [0, 0.05) is 25.2 Å². The Morgan fingerprint density at radius 3 is 2.68 bits per heavy atom. The van der Waals surface area contributed by atoms with Gasteiger partial charge in [0.05, 0.1) is 6.61 Å². The molecular weight excluding hydrogens is 405 g/mol. The molecule has 3 rings (SSSR count). The van der Waals surface area contributed by atoms with Crippen molar-refractivity contribution in [3.8, 4) is 0 Å². The predicted molar refractivity (Wildman–Crippen MR) is 113 cm³/mol. The van der Waals surface area contributed by atoms with Crippen LogP contribution >= 0.6 is 0 Å². The van der Waals surface area contributed by atoms with Crippen molar-refractivity contribution >= 4 is 17.8 Å². The second-order valence-corrected chi connectivity index (χ2v) is 7.32. The molecule has 0 radical (unpaired) electrons. The highest BCUT2D eigenvalue weighted by Crippen LogP contribution is 2.30. The first kappa shape index (κ1) is 22.4. The topological polar surface area (TPSA) is 116 Å². The third kappa shape index (κ3) is 5.88. The number of aromatic amines is 1. The largest absolute Gasteiger partial charge is 0.450 e. The number of H-pyrrole nitrogens is 1. The average molecular weight is 431 g/mol. The maximum atomic E-state index is 14.4. The summed E-state index contributed by atoms with van der Waals surface area (Å²) in [5.41, 5.74) is 1.02. The SMILES string of the molecule is CCOC(=O)Nc1cc(CN2CCC(c3ccc(C(=O)NC)nc3F)CC2)cc(=O)[nH]1. The number of hydrogen-bond donors (Lipinski definition) is 3. The van der Waals surface area contributed by atoms with Crippen molar-refractivity contribution < 1.29 is 18.7 Å². The van der Waals surface area contributed by atoms with Crippen LogP contribution in [0.4, 0.5) is 15.0 Å². The van der Waals surface area contributed by atoms with E-state index in [1.54, 1.807) is 19.1 Å².